The minimum absolute atomic E-state index is 0.0268. The van der Waals surface area contributed by atoms with Gasteiger partial charge in [-0.15, -0.1) is 0 Å². The molecule has 0 heterocycles. The predicted octanol–water partition coefficient (Wildman–Crippen LogP) is 3.68. The van der Waals surface area contributed by atoms with Gasteiger partial charge in [-0.2, -0.15) is 0 Å². The lowest BCUT2D eigenvalue weighted by atomic mass is 10.0. The SMILES string of the molecule is COC(=O)CCC(=O)c1ccc(COc2cc(F)ccc2F)cc1. The quantitative estimate of drug-likeness (QED) is 0.572. The van der Waals surface area contributed by atoms with Crippen molar-refractivity contribution in [3.8, 4) is 5.75 Å². The van der Waals surface area contributed by atoms with Crippen molar-refractivity contribution in [3.05, 3.63) is 65.2 Å². The van der Waals surface area contributed by atoms with Gasteiger partial charge in [0.15, 0.2) is 17.3 Å². The first-order chi connectivity index (χ1) is 11.5. The molecule has 0 aliphatic heterocycles. The topological polar surface area (TPSA) is 52.6 Å². The molecule has 0 aromatic heterocycles. The molecule has 0 radical (unpaired) electrons. The number of hydrogen-bond donors (Lipinski definition) is 0. The highest BCUT2D eigenvalue weighted by Gasteiger charge is 2.10. The van der Waals surface area contributed by atoms with E-state index in [1.807, 2.05) is 0 Å². The molecular weight excluding hydrogens is 318 g/mol. The fourth-order valence-corrected chi connectivity index (χ4v) is 2.00. The van der Waals surface area contributed by atoms with Crippen LogP contribution < -0.4 is 4.74 Å². The smallest absolute Gasteiger partial charge is 0.305 e. The molecule has 0 saturated carbocycles. The van der Waals surface area contributed by atoms with Crippen LogP contribution in [0.25, 0.3) is 0 Å². The number of ketones is 1. The molecule has 2 rings (SSSR count). The Morgan fingerprint density at radius 2 is 1.71 bits per heavy atom. The first-order valence-corrected chi connectivity index (χ1v) is 7.26. The van der Waals surface area contributed by atoms with Crippen molar-refractivity contribution in [2.24, 2.45) is 0 Å². The Morgan fingerprint density at radius 1 is 1.00 bits per heavy atom. The normalized spacial score (nSPS) is 10.3. The highest BCUT2D eigenvalue weighted by atomic mass is 19.1. The molecule has 24 heavy (non-hydrogen) atoms. The number of methoxy groups -OCH3 is 1. The molecule has 2 aromatic carbocycles. The molecular formula is C18H16F2O4. The van der Waals surface area contributed by atoms with E-state index in [9.17, 15) is 18.4 Å². The molecule has 0 aliphatic carbocycles. The van der Waals surface area contributed by atoms with E-state index in [2.05, 4.69) is 4.74 Å². The van der Waals surface area contributed by atoms with Crippen LogP contribution >= 0.6 is 0 Å². The van der Waals surface area contributed by atoms with Crippen LogP contribution in [0.2, 0.25) is 0 Å². The Morgan fingerprint density at radius 3 is 2.38 bits per heavy atom. The summed E-state index contributed by atoms with van der Waals surface area (Å²) in [7, 11) is 1.27. The van der Waals surface area contributed by atoms with E-state index in [0.717, 1.165) is 18.2 Å². The molecule has 0 bridgehead atoms. The molecule has 0 fully saturated rings. The molecule has 0 N–H and O–H groups in total. The van der Waals surface area contributed by atoms with Crippen LogP contribution in [0.1, 0.15) is 28.8 Å². The molecule has 0 atom stereocenters. The Kier molecular flexibility index (Phi) is 6.01. The van der Waals surface area contributed by atoms with Crippen molar-refractivity contribution in [1.29, 1.82) is 0 Å². The highest BCUT2D eigenvalue weighted by Crippen LogP contribution is 2.19. The molecule has 2 aromatic rings. The van der Waals surface area contributed by atoms with Gasteiger partial charge < -0.3 is 9.47 Å². The summed E-state index contributed by atoms with van der Waals surface area (Å²) in [5.41, 5.74) is 1.16. The number of Topliss-reactive ketones (excluding diaryl/α,β-unsaturated/α-hetero) is 1. The number of benzene rings is 2. The van der Waals surface area contributed by atoms with Gasteiger partial charge in [0.1, 0.15) is 12.4 Å². The number of esters is 1. The monoisotopic (exact) mass is 334 g/mol. The lowest BCUT2D eigenvalue weighted by molar-refractivity contribution is -0.140. The highest BCUT2D eigenvalue weighted by molar-refractivity contribution is 5.97. The fourth-order valence-electron chi connectivity index (χ4n) is 2.00. The zero-order valence-electron chi connectivity index (χ0n) is 13.1. The zero-order valence-corrected chi connectivity index (χ0v) is 13.1. The van der Waals surface area contributed by atoms with E-state index in [1.54, 1.807) is 24.3 Å². The lowest BCUT2D eigenvalue weighted by Gasteiger charge is -2.08. The van der Waals surface area contributed by atoms with Gasteiger partial charge in [0.05, 0.1) is 13.5 Å². The van der Waals surface area contributed by atoms with Crippen LogP contribution in [0.4, 0.5) is 8.78 Å². The minimum atomic E-state index is -0.647. The second kappa shape index (κ2) is 8.19. The van der Waals surface area contributed by atoms with E-state index in [-0.39, 0.29) is 31.0 Å². The maximum Gasteiger partial charge on any atom is 0.305 e. The van der Waals surface area contributed by atoms with Crippen molar-refractivity contribution < 1.29 is 27.8 Å². The Labute approximate surface area is 138 Å². The summed E-state index contributed by atoms with van der Waals surface area (Å²) >= 11 is 0. The average molecular weight is 334 g/mol. The first kappa shape index (κ1) is 17.6. The number of halogens is 2. The summed E-state index contributed by atoms with van der Waals surface area (Å²) in [4.78, 5) is 22.9. The predicted molar refractivity (Wildman–Crippen MR) is 82.7 cm³/mol. The Bertz CT molecular complexity index is 726. The second-order valence-corrected chi connectivity index (χ2v) is 5.06. The molecule has 0 aliphatic rings. The zero-order chi connectivity index (χ0) is 17.5. The van der Waals surface area contributed by atoms with Crippen molar-refractivity contribution in [2.75, 3.05) is 7.11 Å². The summed E-state index contributed by atoms with van der Waals surface area (Å²) in [6.45, 7) is 0.0387. The Balaban J connectivity index is 1.93. The molecule has 0 saturated heterocycles. The van der Waals surface area contributed by atoms with Gasteiger partial charge in [0.2, 0.25) is 0 Å². The van der Waals surface area contributed by atoms with Crippen molar-refractivity contribution in [1.82, 2.24) is 0 Å². The number of carbonyl (C=O) groups is 2. The van der Waals surface area contributed by atoms with Crippen LogP contribution in [-0.4, -0.2) is 18.9 Å². The standard InChI is InChI=1S/C18H16F2O4/c1-23-18(22)9-8-16(21)13-4-2-12(3-5-13)11-24-17-10-14(19)6-7-15(17)20/h2-7,10H,8-9,11H2,1H3. The van der Waals surface area contributed by atoms with Gasteiger partial charge in [0.25, 0.3) is 0 Å². The maximum atomic E-state index is 13.4. The van der Waals surface area contributed by atoms with Gasteiger partial charge in [-0.1, -0.05) is 24.3 Å². The van der Waals surface area contributed by atoms with E-state index in [0.29, 0.717) is 11.1 Å². The third kappa shape index (κ3) is 4.87. The molecule has 0 unspecified atom stereocenters. The van der Waals surface area contributed by atoms with Crippen molar-refractivity contribution >= 4 is 11.8 Å². The third-order valence-electron chi connectivity index (χ3n) is 3.35. The molecule has 0 spiro atoms. The van der Waals surface area contributed by atoms with Gasteiger partial charge in [-0.3, -0.25) is 9.59 Å². The van der Waals surface area contributed by atoms with Gasteiger partial charge >= 0.3 is 5.97 Å². The molecule has 0 amide bonds. The maximum absolute atomic E-state index is 13.4. The largest absolute Gasteiger partial charge is 0.486 e. The molecule has 4 nitrogen and oxygen atoms in total. The summed E-state index contributed by atoms with van der Waals surface area (Å²) in [6, 6.07) is 9.48. The first-order valence-electron chi connectivity index (χ1n) is 7.26. The van der Waals surface area contributed by atoms with Crippen molar-refractivity contribution in [3.63, 3.8) is 0 Å². The molecule has 6 heteroatoms. The van der Waals surface area contributed by atoms with Gasteiger partial charge in [-0.25, -0.2) is 8.78 Å². The van der Waals surface area contributed by atoms with Crippen LogP contribution in [0.5, 0.6) is 5.75 Å². The van der Waals surface area contributed by atoms with E-state index in [4.69, 9.17) is 4.74 Å². The summed E-state index contributed by atoms with van der Waals surface area (Å²) in [5.74, 6) is -2.02. The minimum Gasteiger partial charge on any atom is -0.486 e. The third-order valence-corrected chi connectivity index (χ3v) is 3.35. The van der Waals surface area contributed by atoms with Crippen LogP contribution in [-0.2, 0) is 16.1 Å². The number of ether oxygens (including phenoxy) is 2. The number of rotatable bonds is 7. The van der Waals surface area contributed by atoms with Gasteiger partial charge in [-0.05, 0) is 17.7 Å². The summed E-state index contributed by atoms with van der Waals surface area (Å²) < 4.78 is 36.2. The van der Waals surface area contributed by atoms with Crippen LogP contribution in [0.15, 0.2) is 42.5 Å². The summed E-state index contributed by atoms with van der Waals surface area (Å²) in [5, 5.41) is 0. The lowest BCUT2D eigenvalue weighted by Crippen LogP contribution is -2.06. The van der Waals surface area contributed by atoms with E-state index in [1.165, 1.54) is 7.11 Å². The van der Waals surface area contributed by atoms with Crippen LogP contribution in [0, 0.1) is 11.6 Å². The number of carbonyl (C=O) groups excluding carboxylic acids is 2. The van der Waals surface area contributed by atoms with E-state index >= 15 is 0 Å². The van der Waals surface area contributed by atoms with Gasteiger partial charge in [0, 0.05) is 18.1 Å². The molecule has 126 valence electrons. The second-order valence-electron chi connectivity index (χ2n) is 5.06. The average Bonchev–Trinajstić information content (AvgIpc) is 2.60. The van der Waals surface area contributed by atoms with E-state index < -0.39 is 17.6 Å². The fraction of sp³-hybridized carbons (Fsp3) is 0.222. The summed E-state index contributed by atoms with van der Waals surface area (Å²) in [6.07, 6.45) is 0.0933. The number of hydrogen-bond acceptors (Lipinski definition) is 4. The van der Waals surface area contributed by atoms with Crippen molar-refractivity contribution in [2.45, 2.75) is 19.4 Å². The van der Waals surface area contributed by atoms with Crippen LogP contribution in [0.3, 0.4) is 0 Å². The Hall–Kier alpha value is -2.76.